The summed E-state index contributed by atoms with van der Waals surface area (Å²) in [7, 11) is 1.30. The van der Waals surface area contributed by atoms with Gasteiger partial charge in [-0.1, -0.05) is 6.07 Å². The van der Waals surface area contributed by atoms with Crippen LogP contribution in [0.5, 0.6) is 5.75 Å². The van der Waals surface area contributed by atoms with Crippen molar-refractivity contribution in [1.82, 2.24) is 4.98 Å². The Morgan fingerprint density at radius 2 is 2.05 bits per heavy atom. The van der Waals surface area contributed by atoms with Gasteiger partial charge < -0.3 is 10.5 Å². The van der Waals surface area contributed by atoms with E-state index in [-0.39, 0.29) is 11.8 Å². The molecule has 20 heavy (non-hydrogen) atoms. The Morgan fingerprint density at radius 3 is 2.60 bits per heavy atom. The summed E-state index contributed by atoms with van der Waals surface area (Å²) < 4.78 is 31.7. The number of pyridine rings is 1. The average molecular weight is 276 g/mol. The third-order valence-corrected chi connectivity index (χ3v) is 3.56. The largest absolute Gasteiger partial charge is 0.494 e. The number of nitrogens with zero attached hydrogens (tertiary/aromatic N) is 1. The highest BCUT2D eigenvalue weighted by atomic mass is 19.2. The summed E-state index contributed by atoms with van der Waals surface area (Å²) in [4.78, 5) is 4.29. The van der Waals surface area contributed by atoms with Crippen LogP contribution in [0.2, 0.25) is 0 Å². The first-order valence-electron chi connectivity index (χ1n) is 6.35. The van der Waals surface area contributed by atoms with E-state index in [1.54, 1.807) is 12.3 Å². The molecule has 1 saturated carbocycles. The second kappa shape index (κ2) is 4.83. The number of ether oxygens (including phenoxy) is 1. The highest BCUT2D eigenvalue weighted by Crippen LogP contribution is 2.39. The van der Waals surface area contributed by atoms with Crippen LogP contribution in [0.4, 0.5) is 8.78 Å². The number of benzene rings is 1. The van der Waals surface area contributed by atoms with Crippen LogP contribution < -0.4 is 10.5 Å². The van der Waals surface area contributed by atoms with Crippen molar-refractivity contribution in [2.24, 2.45) is 5.73 Å². The molecule has 104 valence electrons. The maximum Gasteiger partial charge on any atom is 0.200 e. The van der Waals surface area contributed by atoms with Crippen LogP contribution >= 0.6 is 0 Å². The molecule has 1 aliphatic carbocycles. The molecule has 2 atom stereocenters. The summed E-state index contributed by atoms with van der Waals surface area (Å²) in [6.07, 6.45) is 2.71. The predicted octanol–water partition coefficient (Wildman–Crippen LogP) is 2.85. The Morgan fingerprint density at radius 1 is 1.30 bits per heavy atom. The van der Waals surface area contributed by atoms with Crippen molar-refractivity contribution < 1.29 is 13.5 Å². The molecular weight excluding hydrogens is 262 g/mol. The summed E-state index contributed by atoms with van der Waals surface area (Å²) in [6, 6.07) is 6.47. The SMILES string of the molecule is COc1cc(-c2ccc(C3CC3N)cn2)cc(F)c1F. The van der Waals surface area contributed by atoms with Gasteiger partial charge in [0.05, 0.1) is 12.8 Å². The molecule has 5 heteroatoms. The van der Waals surface area contributed by atoms with E-state index in [0.29, 0.717) is 17.2 Å². The van der Waals surface area contributed by atoms with Gasteiger partial charge in [0.25, 0.3) is 0 Å². The van der Waals surface area contributed by atoms with E-state index < -0.39 is 11.6 Å². The number of nitrogens with two attached hydrogens (primary N) is 1. The molecular formula is C15H14F2N2O. The topological polar surface area (TPSA) is 48.1 Å². The quantitative estimate of drug-likeness (QED) is 0.937. The minimum absolute atomic E-state index is 0.130. The zero-order valence-corrected chi connectivity index (χ0v) is 10.9. The van der Waals surface area contributed by atoms with Crippen LogP contribution in [0.25, 0.3) is 11.3 Å². The maximum absolute atomic E-state index is 13.5. The van der Waals surface area contributed by atoms with E-state index >= 15 is 0 Å². The van der Waals surface area contributed by atoms with Crippen LogP contribution in [0.3, 0.4) is 0 Å². The van der Waals surface area contributed by atoms with Gasteiger partial charge in [0, 0.05) is 23.7 Å². The zero-order chi connectivity index (χ0) is 14.3. The first-order chi connectivity index (χ1) is 9.60. The van der Waals surface area contributed by atoms with E-state index in [2.05, 4.69) is 4.98 Å². The summed E-state index contributed by atoms with van der Waals surface area (Å²) >= 11 is 0. The molecule has 3 nitrogen and oxygen atoms in total. The van der Waals surface area contributed by atoms with Gasteiger partial charge in [0.1, 0.15) is 0 Å². The van der Waals surface area contributed by atoms with Crippen molar-refractivity contribution in [1.29, 1.82) is 0 Å². The molecule has 1 aromatic carbocycles. The molecule has 3 rings (SSSR count). The summed E-state index contributed by atoms with van der Waals surface area (Å²) in [5.74, 6) is -1.70. The highest BCUT2D eigenvalue weighted by molar-refractivity contribution is 5.62. The van der Waals surface area contributed by atoms with Crippen molar-refractivity contribution in [2.75, 3.05) is 7.11 Å². The number of aromatic nitrogens is 1. The lowest BCUT2D eigenvalue weighted by molar-refractivity contribution is 0.372. The summed E-state index contributed by atoms with van der Waals surface area (Å²) in [5.41, 5.74) is 7.91. The Labute approximate surface area is 115 Å². The van der Waals surface area contributed by atoms with Gasteiger partial charge in [-0.15, -0.1) is 0 Å². The van der Waals surface area contributed by atoms with Crippen LogP contribution in [0.1, 0.15) is 17.9 Å². The molecule has 0 radical (unpaired) electrons. The minimum atomic E-state index is -0.989. The molecule has 0 bridgehead atoms. The Kier molecular flexibility index (Phi) is 3.14. The van der Waals surface area contributed by atoms with Crippen LogP contribution in [-0.2, 0) is 0 Å². The number of hydrogen-bond acceptors (Lipinski definition) is 3. The van der Waals surface area contributed by atoms with Crippen LogP contribution in [0.15, 0.2) is 30.5 Å². The van der Waals surface area contributed by atoms with Crippen LogP contribution in [-0.4, -0.2) is 18.1 Å². The summed E-state index contributed by atoms with van der Waals surface area (Å²) in [6.45, 7) is 0. The fraction of sp³-hybridized carbons (Fsp3) is 0.267. The Hall–Kier alpha value is -2.01. The molecule has 1 aromatic heterocycles. The highest BCUT2D eigenvalue weighted by Gasteiger charge is 2.34. The van der Waals surface area contributed by atoms with Crippen LogP contribution in [0, 0.1) is 11.6 Å². The molecule has 0 saturated heterocycles. The van der Waals surface area contributed by atoms with Crippen molar-refractivity contribution in [3.8, 4) is 17.0 Å². The molecule has 2 N–H and O–H groups in total. The number of rotatable bonds is 3. The first-order valence-corrected chi connectivity index (χ1v) is 6.35. The third-order valence-electron chi connectivity index (χ3n) is 3.56. The smallest absolute Gasteiger partial charge is 0.200 e. The lowest BCUT2D eigenvalue weighted by Gasteiger charge is -2.07. The molecule has 1 fully saturated rings. The van der Waals surface area contributed by atoms with E-state index in [1.807, 2.05) is 6.07 Å². The number of hydrogen-bond donors (Lipinski definition) is 1. The monoisotopic (exact) mass is 276 g/mol. The number of halogens is 2. The molecule has 2 aromatic rings. The molecule has 1 aliphatic rings. The van der Waals surface area contributed by atoms with E-state index in [1.165, 1.54) is 13.2 Å². The molecule has 1 heterocycles. The molecule has 0 spiro atoms. The van der Waals surface area contributed by atoms with E-state index in [9.17, 15) is 8.78 Å². The van der Waals surface area contributed by atoms with Crippen molar-refractivity contribution in [3.63, 3.8) is 0 Å². The van der Waals surface area contributed by atoms with Gasteiger partial charge in [0.15, 0.2) is 11.6 Å². The predicted molar refractivity (Wildman–Crippen MR) is 71.5 cm³/mol. The van der Waals surface area contributed by atoms with Gasteiger partial charge in [-0.2, -0.15) is 4.39 Å². The molecule has 0 aliphatic heterocycles. The van der Waals surface area contributed by atoms with Crippen molar-refractivity contribution in [2.45, 2.75) is 18.4 Å². The molecule has 0 amide bonds. The second-order valence-electron chi connectivity index (χ2n) is 4.96. The normalized spacial score (nSPS) is 20.8. The van der Waals surface area contributed by atoms with Crippen molar-refractivity contribution in [3.05, 3.63) is 47.7 Å². The molecule has 2 unspecified atom stereocenters. The van der Waals surface area contributed by atoms with Crippen molar-refractivity contribution >= 4 is 0 Å². The fourth-order valence-corrected chi connectivity index (χ4v) is 2.25. The standard InChI is InChI=1S/C15H14F2N2O/c1-20-14-5-9(4-11(16)15(14)17)13-3-2-8(7-19-13)10-6-12(10)18/h2-5,7,10,12H,6,18H2,1H3. The number of methoxy groups -OCH3 is 1. The average Bonchev–Trinajstić information content (AvgIpc) is 3.19. The van der Waals surface area contributed by atoms with Gasteiger partial charge in [-0.3, -0.25) is 4.98 Å². The minimum Gasteiger partial charge on any atom is -0.494 e. The Balaban J connectivity index is 1.94. The van der Waals surface area contributed by atoms with Gasteiger partial charge in [-0.25, -0.2) is 4.39 Å². The second-order valence-corrected chi connectivity index (χ2v) is 4.96. The van der Waals surface area contributed by atoms with Gasteiger partial charge >= 0.3 is 0 Å². The van der Waals surface area contributed by atoms with Gasteiger partial charge in [0.2, 0.25) is 5.82 Å². The fourth-order valence-electron chi connectivity index (χ4n) is 2.25. The lowest BCUT2D eigenvalue weighted by Crippen LogP contribution is -2.01. The first kappa shape index (κ1) is 13.0. The summed E-state index contributed by atoms with van der Waals surface area (Å²) in [5, 5.41) is 0. The van der Waals surface area contributed by atoms with Gasteiger partial charge in [-0.05, 0) is 30.2 Å². The van der Waals surface area contributed by atoms with E-state index in [4.69, 9.17) is 10.5 Å². The lowest BCUT2D eigenvalue weighted by atomic mass is 10.1. The maximum atomic E-state index is 13.5. The van der Waals surface area contributed by atoms with E-state index in [0.717, 1.165) is 18.1 Å². The Bertz CT molecular complexity index is 643. The zero-order valence-electron chi connectivity index (χ0n) is 10.9. The third kappa shape index (κ3) is 2.25.